The molecule has 0 aliphatic rings. The number of sulfonamides is 1. The number of carboxylic acid groups (broad SMARTS) is 1. The van der Waals surface area contributed by atoms with E-state index in [1.165, 1.54) is 12.1 Å². The topological polar surface area (TPSA) is 134 Å². The Morgan fingerprint density at radius 2 is 1.92 bits per heavy atom. The van der Waals surface area contributed by atoms with E-state index >= 15 is 0 Å². The van der Waals surface area contributed by atoms with Crippen LogP contribution in [-0.2, 0) is 16.6 Å². The third kappa shape index (κ3) is 4.08. The van der Waals surface area contributed by atoms with Gasteiger partial charge in [0, 0.05) is 51.9 Å². The normalized spacial score (nSPS) is 12.2. The number of carboxylic acids is 1. The molecule has 3 aromatic heterocycles. The Hall–Kier alpha value is -3.89. The Balaban J connectivity index is 1.79. The molecule has 8 nitrogen and oxygen atoms in total. The molecule has 3 heterocycles. The number of aromatic amines is 2. The van der Waals surface area contributed by atoms with Crippen molar-refractivity contribution in [3.63, 3.8) is 0 Å². The second-order valence-electron chi connectivity index (χ2n) is 9.13. The Morgan fingerprint density at radius 3 is 2.61 bits per heavy atom. The number of nitrogens with zero attached hydrogens (tertiary/aromatic N) is 1. The number of hydrogen-bond acceptors (Lipinski definition) is 3. The van der Waals surface area contributed by atoms with Crippen LogP contribution in [0.25, 0.3) is 44.2 Å². The number of rotatable bonds is 7. The van der Waals surface area contributed by atoms with Gasteiger partial charge in [-0.2, -0.15) is 0 Å². The van der Waals surface area contributed by atoms with Crippen molar-refractivity contribution in [3.8, 4) is 22.4 Å². The lowest BCUT2D eigenvalue weighted by atomic mass is 9.89. The minimum absolute atomic E-state index is 0.00596. The van der Waals surface area contributed by atoms with Gasteiger partial charge in [0.25, 0.3) is 0 Å². The fourth-order valence-corrected chi connectivity index (χ4v) is 5.40. The number of fused-ring (bicyclic) bond motifs is 2. The number of aromatic nitrogens is 3. The fourth-order valence-electron chi connectivity index (χ4n) is 4.95. The van der Waals surface area contributed by atoms with Crippen LogP contribution < -0.4 is 5.14 Å². The molecule has 0 fully saturated rings. The van der Waals surface area contributed by atoms with E-state index in [1.54, 1.807) is 23.0 Å². The molecule has 5 N–H and O–H groups in total. The first-order valence-electron chi connectivity index (χ1n) is 11.4. The quantitative estimate of drug-likeness (QED) is 0.245. The first-order valence-corrected chi connectivity index (χ1v) is 13.1. The first kappa shape index (κ1) is 23.8. The number of nitrogens with one attached hydrogen (secondary N) is 2. The first-order chi connectivity index (χ1) is 17.0. The van der Waals surface area contributed by atoms with E-state index in [0.29, 0.717) is 27.9 Å². The van der Waals surface area contributed by atoms with Crippen LogP contribution in [0.2, 0.25) is 0 Å². The lowest BCUT2D eigenvalue weighted by Crippen LogP contribution is -2.20. The molecule has 0 atom stereocenters. The third-order valence-electron chi connectivity index (χ3n) is 6.43. The summed E-state index contributed by atoms with van der Waals surface area (Å²) in [6.07, 6.45) is 3.48. The van der Waals surface area contributed by atoms with Crippen LogP contribution in [-0.4, -0.2) is 39.8 Å². The summed E-state index contributed by atoms with van der Waals surface area (Å²) in [6.45, 7) is 4.10. The lowest BCUT2D eigenvalue weighted by Gasteiger charge is -2.14. The Morgan fingerprint density at radius 1 is 1.14 bits per heavy atom. The SMILES string of the molecule is CC(C)c1c(-c2cc(F)cc3[nH]ccc23)[nH]c(C(=O)O)c1-c1cccc2c1ccn2CCS(N)(=O)=O. The van der Waals surface area contributed by atoms with Crippen LogP contribution >= 0.6 is 0 Å². The van der Waals surface area contributed by atoms with Gasteiger partial charge in [-0.1, -0.05) is 26.0 Å². The van der Waals surface area contributed by atoms with Crippen molar-refractivity contribution >= 4 is 37.8 Å². The second-order valence-corrected chi connectivity index (χ2v) is 10.9. The van der Waals surface area contributed by atoms with Crippen LogP contribution in [0.15, 0.2) is 54.9 Å². The van der Waals surface area contributed by atoms with Crippen molar-refractivity contribution in [1.29, 1.82) is 0 Å². The largest absolute Gasteiger partial charge is 0.477 e. The maximum Gasteiger partial charge on any atom is 0.352 e. The fraction of sp³-hybridized carbons (Fsp3) is 0.192. The minimum atomic E-state index is -3.65. The zero-order valence-electron chi connectivity index (χ0n) is 19.7. The van der Waals surface area contributed by atoms with Crippen LogP contribution in [0.4, 0.5) is 4.39 Å². The monoisotopic (exact) mass is 508 g/mol. The van der Waals surface area contributed by atoms with Gasteiger partial charge in [-0.25, -0.2) is 22.7 Å². The van der Waals surface area contributed by atoms with E-state index in [1.807, 2.05) is 38.1 Å². The molecule has 0 amide bonds. The van der Waals surface area contributed by atoms with Gasteiger partial charge in [-0.3, -0.25) is 0 Å². The Kier molecular flexibility index (Phi) is 5.73. The molecular formula is C26H25FN4O4S. The van der Waals surface area contributed by atoms with E-state index in [-0.39, 0.29) is 23.9 Å². The van der Waals surface area contributed by atoms with Gasteiger partial charge in [0.2, 0.25) is 10.0 Å². The Labute approximate surface area is 206 Å². The molecule has 5 aromatic rings. The van der Waals surface area contributed by atoms with E-state index < -0.39 is 21.8 Å². The number of halogens is 1. The number of primary sulfonamides is 1. The van der Waals surface area contributed by atoms with Crippen molar-refractivity contribution in [2.24, 2.45) is 5.14 Å². The van der Waals surface area contributed by atoms with Gasteiger partial charge in [0.15, 0.2) is 0 Å². The smallest absolute Gasteiger partial charge is 0.352 e. The molecule has 2 aromatic carbocycles. The highest BCUT2D eigenvalue weighted by Crippen LogP contribution is 2.44. The second kappa shape index (κ2) is 8.65. The van der Waals surface area contributed by atoms with Gasteiger partial charge < -0.3 is 19.6 Å². The molecule has 0 saturated heterocycles. The zero-order chi connectivity index (χ0) is 25.8. The van der Waals surface area contributed by atoms with Gasteiger partial charge in [-0.05, 0) is 47.4 Å². The molecule has 0 bridgehead atoms. The number of nitrogens with two attached hydrogens (primary N) is 1. The van der Waals surface area contributed by atoms with Crippen molar-refractivity contribution < 1.29 is 22.7 Å². The van der Waals surface area contributed by atoms with E-state index in [2.05, 4.69) is 9.97 Å². The average molecular weight is 509 g/mol. The highest BCUT2D eigenvalue weighted by Gasteiger charge is 2.28. The highest BCUT2D eigenvalue weighted by molar-refractivity contribution is 7.89. The molecule has 0 unspecified atom stereocenters. The summed E-state index contributed by atoms with van der Waals surface area (Å²) in [6, 6.07) is 12.0. The summed E-state index contributed by atoms with van der Waals surface area (Å²) >= 11 is 0. The van der Waals surface area contributed by atoms with Crippen LogP contribution in [0.3, 0.4) is 0 Å². The highest BCUT2D eigenvalue weighted by atomic mass is 32.2. The van der Waals surface area contributed by atoms with E-state index in [0.717, 1.165) is 21.9 Å². The maximum absolute atomic E-state index is 14.5. The molecule has 10 heteroatoms. The van der Waals surface area contributed by atoms with Crippen molar-refractivity contribution in [2.75, 3.05) is 5.75 Å². The van der Waals surface area contributed by atoms with Gasteiger partial charge >= 0.3 is 5.97 Å². The van der Waals surface area contributed by atoms with Gasteiger partial charge in [0.1, 0.15) is 11.5 Å². The van der Waals surface area contributed by atoms with Crippen molar-refractivity contribution in [2.45, 2.75) is 26.3 Å². The molecular weight excluding hydrogens is 483 g/mol. The summed E-state index contributed by atoms with van der Waals surface area (Å²) in [5.74, 6) is -1.89. The molecule has 0 aliphatic heterocycles. The standard InChI is InChI=1S/C26H25FN4O4S/c1-14(2)22-23(18-4-3-5-21-17(18)7-9-31(21)10-11-36(28,34)35)25(26(32)33)30-24(22)19-12-15(27)13-20-16(19)6-8-29-20/h3-9,12-14,29-30H,10-11H2,1-2H3,(H,32,33)(H2,28,34,35). The molecule has 0 aliphatic carbocycles. The van der Waals surface area contributed by atoms with E-state index in [4.69, 9.17) is 5.14 Å². The predicted octanol–water partition coefficient (Wildman–Crippen LogP) is 5.03. The number of benzene rings is 2. The number of aryl methyl sites for hydroxylation is 1. The van der Waals surface area contributed by atoms with E-state index in [9.17, 15) is 22.7 Å². The molecule has 36 heavy (non-hydrogen) atoms. The predicted molar refractivity (Wildman–Crippen MR) is 138 cm³/mol. The van der Waals surface area contributed by atoms with Gasteiger partial charge in [-0.15, -0.1) is 0 Å². The average Bonchev–Trinajstić information content (AvgIpc) is 3.52. The molecule has 5 rings (SSSR count). The Bertz CT molecular complexity index is 1740. The number of hydrogen-bond donors (Lipinski definition) is 4. The van der Waals surface area contributed by atoms with Crippen LogP contribution in [0.1, 0.15) is 35.8 Å². The lowest BCUT2D eigenvalue weighted by molar-refractivity contribution is 0.0692. The summed E-state index contributed by atoms with van der Waals surface area (Å²) in [5.41, 5.74) is 4.46. The molecule has 0 saturated carbocycles. The summed E-state index contributed by atoms with van der Waals surface area (Å²) in [5, 5.41) is 16.9. The minimum Gasteiger partial charge on any atom is -0.477 e. The third-order valence-corrected chi connectivity index (χ3v) is 7.18. The van der Waals surface area contributed by atoms with Gasteiger partial charge in [0.05, 0.1) is 11.4 Å². The summed E-state index contributed by atoms with van der Waals surface area (Å²) in [4.78, 5) is 18.6. The van der Waals surface area contributed by atoms with Crippen molar-refractivity contribution in [1.82, 2.24) is 14.5 Å². The number of carbonyl (C=O) groups is 1. The molecule has 0 spiro atoms. The van der Waals surface area contributed by atoms with Crippen LogP contribution in [0.5, 0.6) is 0 Å². The molecule has 186 valence electrons. The number of aromatic carboxylic acids is 1. The summed E-state index contributed by atoms with van der Waals surface area (Å²) < 4.78 is 39.3. The zero-order valence-corrected chi connectivity index (χ0v) is 20.5. The van der Waals surface area contributed by atoms with Crippen LogP contribution in [0, 0.1) is 5.82 Å². The number of H-pyrrole nitrogens is 2. The molecule has 0 radical (unpaired) electrons. The maximum atomic E-state index is 14.5. The summed E-state index contributed by atoms with van der Waals surface area (Å²) in [7, 11) is -3.65. The van der Waals surface area contributed by atoms with Crippen molar-refractivity contribution in [3.05, 3.63) is 71.9 Å².